The lowest BCUT2D eigenvalue weighted by Gasteiger charge is -2.24. The Morgan fingerprint density at radius 3 is 1.96 bits per heavy atom. The van der Waals surface area contributed by atoms with Crippen molar-refractivity contribution >= 4 is 6.21 Å². The Hall–Kier alpha value is -2.11. The molecule has 1 aliphatic rings. The van der Waals surface area contributed by atoms with Crippen molar-refractivity contribution in [1.82, 2.24) is 9.97 Å². The van der Waals surface area contributed by atoms with Crippen molar-refractivity contribution in [3.63, 3.8) is 0 Å². The monoisotopic (exact) mass is 319 g/mol. The minimum absolute atomic E-state index is 0.188. The lowest BCUT2D eigenvalue weighted by atomic mass is 10.2. The molecule has 2 rings (SSSR count). The van der Waals surface area contributed by atoms with Gasteiger partial charge < -0.3 is 14.2 Å². The van der Waals surface area contributed by atoms with Crippen LogP contribution in [0.5, 0.6) is 17.8 Å². The number of hydrogen-bond acceptors (Lipinski definition) is 6. The summed E-state index contributed by atoms with van der Waals surface area (Å²) in [5.41, 5.74) is -0.751. The fraction of sp³-hybridized carbons (Fsp3) is 0.588. The molecule has 0 saturated carbocycles. The quantitative estimate of drug-likeness (QED) is 0.852. The second-order valence-corrected chi connectivity index (χ2v) is 7.31. The smallest absolute Gasteiger partial charge is 0.323 e. The van der Waals surface area contributed by atoms with Crippen LogP contribution in [-0.2, 0) is 0 Å². The number of aromatic nitrogens is 2. The lowest BCUT2D eigenvalue weighted by molar-refractivity contribution is 0.107. The van der Waals surface area contributed by atoms with Gasteiger partial charge in [0.05, 0.1) is 12.6 Å². The number of hydrogen-bond donors (Lipinski definition) is 0. The number of allylic oxidation sites excluding steroid dienone is 1. The molecular formula is C17H25N3O3. The summed E-state index contributed by atoms with van der Waals surface area (Å²) in [6.45, 7) is 12.3. The van der Waals surface area contributed by atoms with Gasteiger partial charge in [-0.2, -0.15) is 9.97 Å². The fourth-order valence-electron chi connectivity index (χ4n) is 1.84. The third kappa shape index (κ3) is 6.26. The predicted molar refractivity (Wildman–Crippen MR) is 89.7 cm³/mol. The molecule has 0 aromatic carbocycles. The number of rotatable bonds is 4. The summed E-state index contributed by atoms with van der Waals surface area (Å²) in [6.07, 6.45) is 5.31. The molecule has 6 nitrogen and oxygen atoms in total. The van der Waals surface area contributed by atoms with E-state index in [0.717, 1.165) is 0 Å². The molecule has 6 heteroatoms. The van der Waals surface area contributed by atoms with Gasteiger partial charge in [0.1, 0.15) is 17.3 Å². The van der Waals surface area contributed by atoms with Crippen LogP contribution >= 0.6 is 0 Å². The molecule has 0 spiro atoms. The van der Waals surface area contributed by atoms with Crippen LogP contribution in [0.3, 0.4) is 0 Å². The summed E-state index contributed by atoms with van der Waals surface area (Å²) >= 11 is 0. The fourth-order valence-corrected chi connectivity index (χ4v) is 1.84. The maximum absolute atomic E-state index is 5.83. The van der Waals surface area contributed by atoms with Crippen molar-refractivity contribution in [3.05, 3.63) is 18.2 Å². The van der Waals surface area contributed by atoms with Crippen molar-refractivity contribution in [2.45, 2.75) is 58.8 Å². The van der Waals surface area contributed by atoms with Crippen molar-refractivity contribution in [2.75, 3.05) is 6.54 Å². The van der Waals surface area contributed by atoms with Crippen molar-refractivity contribution in [3.8, 4) is 17.8 Å². The second-order valence-electron chi connectivity index (χ2n) is 7.31. The van der Waals surface area contributed by atoms with Crippen molar-refractivity contribution < 1.29 is 14.2 Å². The zero-order valence-corrected chi connectivity index (χ0v) is 14.7. The van der Waals surface area contributed by atoms with Crippen LogP contribution in [0.25, 0.3) is 0 Å². The second kappa shape index (κ2) is 6.56. The summed E-state index contributed by atoms with van der Waals surface area (Å²) in [7, 11) is 0. The molecule has 1 aliphatic heterocycles. The molecule has 1 aromatic heterocycles. The highest BCUT2D eigenvalue weighted by Crippen LogP contribution is 2.26. The van der Waals surface area contributed by atoms with Gasteiger partial charge in [0.15, 0.2) is 0 Å². The maximum atomic E-state index is 5.83. The predicted octanol–water partition coefficient (Wildman–Crippen LogP) is 3.22. The van der Waals surface area contributed by atoms with Crippen molar-refractivity contribution in [1.29, 1.82) is 0 Å². The topological polar surface area (TPSA) is 65.8 Å². The summed E-state index contributed by atoms with van der Waals surface area (Å²) < 4.78 is 17.4. The van der Waals surface area contributed by atoms with E-state index in [-0.39, 0.29) is 23.3 Å². The van der Waals surface area contributed by atoms with E-state index in [2.05, 4.69) is 15.0 Å². The molecule has 0 saturated heterocycles. The molecule has 0 fully saturated rings. The Labute approximate surface area is 137 Å². The molecule has 0 radical (unpaired) electrons. The van der Waals surface area contributed by atoms with Gasteiger partial charge in [-0.05, 0) is 53.7 Å². The lowest BCUT2D eigenvalue weighted by Crippen LogP contribution is -2.26. The number of nitrogens with zero attached hydrogens (tertiary/aromatic N) is 3. The molecule has 0 aliphatic carbocycles. The number of ether oxygens (including phenoxy) is 3. The first-order valence-corrected chi connectivity index (χ1v) is 7.71. The molecule has 2 heterocycles. The molecule has 1 aromatic rings. The van der Waals surface area contributed by atoms with Gasteiger partial charge in [0.2, 0.25) is 11.8 Å². The normalized spacial score (nSPS) is 17.9. The van der Waals surface area contributed by atoms with E-state index in [1.165, 1.54) is 0 Å². The standard InChI is InChI=1S/C17H25N3O3/c1-16(2,3)22-13-10-14(23-17(4,5)6)20-15(19-13)21-12-8-7-9-18-11-12/h7-10,12H,11H2,1-6H3. The van der Waals surface area contributed by atoms with Crippen LogP contribution in [0.15, 0.2) is 23.2 Å². The molecular weight excluding hydrogens is 294 g/mol. The molecule has 0 amide bonds. The SMILES string of the molecule is CC(C)(C)Oc1cc(OC(C)(C)C)nc(OC2C=CC=NC2)n1. The Bertz CT molecular complexity index is 564. The van der Waals surface area contributed by atoms with Gasteiger partial charge in [-0.25, -0.2) is 0 Å². The summed E-state index contributed by atoms with van der Waals surface area (Å²) in [5, 5.41) is 0. The minimum atomic E-state index is -0.375. The highest BCUT2D eigenvalue weighted by molar-refractivity contribution is 5.72. The molecule has 0 bridgehead atoms. The molecule has 23 heavy (non-hydrogen) atoms. The van der Waals surface area contributed by atoms with E-state index >= 15 is 0 Å². The average Bonchev–Trinajstić information content (AvgIpc) is 2.35. The van der Waals surface area contributed by atoms with E-state index in [1.54, 1.807) is 12.3 Å². The van der Waals surface area contributed by atoms with Gasteiger partial charge in [-0.3, -0.25) is 4.99 Å². The van der Waals surface area contributed by atoms with E-state index in [0.29, 0.717) is 18.3 Å². The van der Waals surface area contributed by atoms with Crippen LogP contribution in [-0.4, -0.2) is 40.0 Å². The van der Waals surface area contributed by atoms with Gasteiger partial charge in [0.25, 0.3) is 0 Å². The zero-order valence-electron chi connectivity index (χ0n) is 14.7. The van der Waals surface area contributed by atoms with E-state index < -0.39 is 0 Å². The zero-order chi connectivity index (χ0) is 17.1. The summed E-state index contributed by atoms with van der Waals surface area (Å²) in [6, 6.07) is 1.90. The van der Waals surface area contributed by atoms with Crippen LogP contribution in [0.1, 0.15) is 41.5 Å². The Morgan fingerprint density at radius 1 is 0.957 bits per heavy atom. The first-order chi connectivity index (χ1) is 10.6. The first kappa shape index (κ1) is 17.2. The average molecular weight is 319 g/mol. The Kier molecular flexibility index (Phi) is 4.92. The number of dihydropyridines is 1. The van der Waals surface area contributed by atoms with Crippen LogP contribution < -0.4 is 14.2 Å². The van der Waals surface area contributed by atoms with Crippen molar-refractivity contribution in [2.24, 2.45) is 4.99 Å². The van der Waals surface area contributed by atoms with Crippen LogP contribution in [0, 0.1) is 0 Å². The third-order valence-corrected chi connectivity index (χ3v) is 2.54. The van der Waals surface area contributed by atoms with Gasteiger partial charge in [-0.1, -0.05) is 0 Å². The van der Waals surface area contributed by atoms with E-state index in [9.17, 15) is 0 Å². The van der Waals surface area contributed by atoms with Gasteiger partial charge in [0, 0.05) is 6.21 Å². The molecule has 1 atom stereocenters. The number of aliphatic imine (C=N–C) groups is 1. The van der Waals surface area contributed by atoms with Crippen LogP contribution in [0.2, 0.25) is 0 Å². The van der Waals surface area contributed by atoms with E-state index in [4.69, 9.17) is 14.2 Å². The van der Waals surface area contributed by atoms with Gasteiger partial charge >= 0.3 is 6.01 Å². The first-order valence-electron chi connectivity index (χ1n) is 7.71. The molecule has 1 unspecified atom stereocenters. The summed E-state index contributed by atoms with van der Waals surface area (Å²) in [4.78, 5) is 12.8. The largest absolute Gasteiger partial charge is 0.472 e. The van der Waals surface area contributed by atoms with E-state index in [1.807, 2.05) is 53.7 Å². The molecule has 126 valence electrons. The summed E-state index contributed by atoms with van der Waals surface area (Å²) in [5.74, 6) is 0.843. The minimum Gasteiger partial charge on any atom is -0.472 e. The highest BCUT2D eigenvalue weighted by Gasteiger charge is 2.20. The highest BCUT2D eigenvalue weighted by atomic mass is 16.5. The Morgan fingerprint density at radius 2 is 1.52 bits per heavy atom. The maximum Gasteiger partial charge on any atom is 0.323 e. The molecule has 0 N–H and O–H groups in total. The van der Waals surface area contributed by atoms with Crippen LogP contribution in [0.4, 0.5) is 0 Å². The third-order valence-electron chi connectivity index (χ3n) is 2.54. The Balaban J connectivity index is 2.24. The van der Waals surface area contributed by atoms with Gasteiger partial charge in [-0.15, -0.1) is 0 Å².